The second-order valence-corrected chi connectivity index (χ2v) is 15.7. The van der Waals surface area contributed by atoms with E-state index >= 15 is 0 Å². The zero-order chi connectivity index (χ0) is 41.1. The molecule has 3 aromatic carbocycles. The summed E-state index contributed by atoms with van der Waals surface area (Å²) in [5.41, 5.74) is 5.17. The van der Waals surface area contributed by atoms with Crippen molar-refractivity contribution < 1.29 is 28.7 Å². The van der Waals surface area contributed by atoms with E-state index in [1.165, 1.54) is 14.2 Å². The third-order valence-electron chi connectivity index (χ3n) is 11.1. The summed E-state index contributed by atoms with van der Waals surface area (Å²) in [5.74, 6) is 7.53. The first-order valence-corrected chi connectivity index (χ1v) is 19.8. The Morgan fingerprint density at radius 3 is 1.88 bits per heavy atom. The van der Waals surface area contributed by atoms with E-state index < -0.39 is 24.3 Å². The van der Waals surface area contributed by atoms with Crippen molar-refractivity contribution in [2.45, 2.75) is 77.5 Å². The molecule has 2 aromatic heterocycles. The molecule has 0 radical (unpaired) electrons. The van der Waals surface area contributed by atoms with Crippen molar-refractivity contribution >= 4 is 45.8 Å². The number of likely N-dealkylation sites (tertiary alicyclic amines) is 2. The zero-order valence-corrected chi connectivity index (χ0v) is 33.7. The molecule has 302 valence electrons. The minimum atomic E-state index is -0.697. The van der Waals surface area contributed by atoms with E-state index in [9.17, 15) is 19.2 Å². The predicted octanol–water partition coefficient (Wildman–Crippen LogP) is 6.59. The van der Waals surface area contributed by atoms with Crippen LogP contribution in [0.4, 0.5) is 9.59 Å². The maximum atomic E-state index is 13.6. The van der Waals surface area contributed by atoms with E-state index in [1.54, 1.807) is 11.1 Å². The molecule has 0 saturated carbocycles. The van der Waals surface area contributed by atoms with Gasteiger partial charge in [-0.05, 0) is 84.7 Å². The molecule has 4 amide bonds. The maximum Gasteiger partial charge on any atom is 0.407 e. The first-order chi connectivity index (χ1) is 27.9. The van der Waals surface area contributed by atoms with Crippen LogP contribution < -0.4 is 10.6 Å². The quantitative estimate of drug-likeness (QED) is 0.121. The standard InChI is InChI=1S/C44H50N8O6/c1-25(2)37(49-43(55)57-5)41(53)51-19-7-9-35(51)39-45-24-34(48-39)31-17-16-29-21-27(13-15-30(29)23-31)11-12-28-14-18-32-33(22-28)47-40(46-32)36-10-8-20-52(36)42(54)38(26(3)4)50-44(56)58-6/h13-18,21-26,35-38H,7-10,19-20H2,1-6H3,(H,45,48)(H,46,47)(H,49,55)(H,50,56). The van der Waals surface area contributed by atoms with Crippen LogP contribution in [0.2, 0.25) is 0 Å². The Morgan fingerprint density at radius 1 is 0.724 bits per heavy atom. The minimum absolute atomic E-state index is 0.109. The monoisotopic (exact) mass is 786 g/mol. The van der Waals surface area contributed by atoms with Gasteiger partial charge in [0.2, 0.25) is 11.8 Å². The third-order valence-corrected chi connectivity index (χ3v) is 11.1. The van der Waals surface area contributed by atoms with Crippen LogP contribution in [0.5, 0.6) is 0 Å². The fourth-order valence-electron chi connectivity index (χ4n) is 7.94. The Labute approximate surface area is 337 Å². The number of carbonyl (C=O) groups excluding carboxylic acids is 4. The molecule has 5 aromatic rings. The fourth-order valence-corrected chi connectivity index (χ4v) is 7.94. The number of nitrogens with zero attached hydrogens (tertiary/aromatic N) is 4. The number of aromatic amines is 2. The lowest BCUT2D eigenvalue weighted by molar-refractivity contribution is -0.136. The van der Waals surface area contributed by atoms with Crippen molar-refractivity contribution in [2.75, 3.05) is 27.3 Å². The number of imidazole rings is 2. The maximum absolute atomic E-state index is 13.6. The van der Waals surface area contributed by atoms with Crippen LogP contribution >= 0.6 is 0 Å². The van der Waals surface area contributed by atoms with Gasteiger partial charge < -0.3 is 39.9 Å². The molecule has 14 nitrogen and oxygen atoms in total. The number of hydrogen-bond acceptors (Lipinski definition) is 8. The molecular weight excluding hydrogens is 737 g/mol. The molecule has 0 spiro atoms. The summed E-state index contributed by atoms with van der Waals surface area (Å²) in [4.78, 5) is 71.1. The number of carbonyl (C=O) groups is 4. The molecule has 0 bridgehead atoms. The van der Waals surface area contributed by atoms with Crippen molar-refractivity contribution in [3.05, 3.63) is 83.6 Å². The average Bonchev–Trinajstić information content (AvgIpc) is 4.06. The number of benzene rings is 3. The summed E-state index contributed by atoms with van der Waals surface area (Å²) < 4.78 is 9.52. The molecule has 4 unspecified atom stereocenters. The molecule has 4 heterocycles. The number of fused-ring (bicyclic) bond motifs is 2. The van der Waals surface area contributed by atoms with Crippen LogP contribution in [0.15, 0.2) is 60.8 Å². The van der Waals surface area contributed by atoms with Gasteiger partial charge in [-0.15, -0.1) is 0 Å². The van der Waals surface area contributed by atoms with Gasteiger partial charge in [0.15, 0.2) is 0 Å². The molecule has 0 aliphatic carbocycles. The molecule has 4 N–H and O–H groups in total. The highest BCUT2D eigenvalue weighted by Gasteiger charge is 2.39. The van der Waals surface area contributed by atoms with Crippen LogP contribution in [-0.4, -0.2) is 93.1 Å². The SMILES string of the molecule is COC(=O)NC(C(=O)N1CCCC1c1ncc(-c2ccc3cc(C#Cc4ccc5nc(C6CCCN6C(=O)C(NC(=O)OC)C(C)C)[nH]c5c4)ccc3c2)[nH]1)C(C)C. The summed E-state index contributed by atoms with van der Waals surface area (Å²) in [7, 11) is 2.58. The number of alkyl carbamates (subject to hydrolysis) is 2. The van der Waals surface area contributed by atoms with Crippen LogP contribution in [0, 0.1) is 23.7 Å². The Balaban J connectivity index is 1.04. The smallest absolute Gasteiger partial charge is 0.407 e. The summed E-state index contributed by atoms with van der Waals surface area (Å²) in [6, 6.07) is 16.4. The molecule has 14 heteroatoms. The highest BCUT2D eigenvalue weighted by Crippen LogP contribution is 2.35. The first kappa shape index (κ1) is 39.9. The molecule has 2 fully saturated rings. The van der Waals surface area contributed by atoms with E-state index in [1.807, 2.05) is 62.9 Å². The summed E-state index contributed by atoms with van der Waals surface area (Å²) in [6.45, 7) is 8.77. The number of ether oxygens (including phenoxy) is 2. The van der Waals surface area contributed by atoms with Crippen LogP contribution in [0.1, 0.15) is 88.2 Å². The Hall–Kier alpha value is -6.36. The second kappa shape index (κ2) is 17.0. The van der Waals surface area contributed by atoms with Crippen LogP contribution in [0.25, 0.3) is 33.1 Å². The number of H-pyrrole nitrogens is 2. The van der Waals surface area contributed by atoms with Gasteiger partial charge in [-0.1, -0.05) is 57.7 Å². The Bertz CT molecular complexity index is 2410. The number of amides is 4. The highest BCUT2D eigenvalue weighted by atomic mass is 16.5. The molecule has 2 aliphatic heterocycles. The zero-order valence-electron chi connectivity index (χ0n) is 33.7. The minimum Gasteiger partial charge on any atom is -0.453 e. The van der Waals surface area contributed by atoms with E-state index in [0.717, 1.165) is 75.7 Å². The number of rotatable bonds is 9. The van der Waals surface area contributed by atoms with Crippen LogP contribution in [0.3, 0.4) is 0 Å². The molecular formula is C44H50N8O6. The number of hydrogen-bond donors (Lipinski definition) is 4. The van der Waals surface area contributed by atoms with E-state index in [2.05, 4.69) is 56.7 Å². The fraction of sp³-hybridized carbons (Fsp3) is 0.409. The first-order valence-electron chi connectivity index (χ1n) is 19.8. The van der Waals surface area contributed by atoms with Gasteiger partial charge in [0.1, 0.15) is 23.7 Å². The van der Waals surface area contributed by atoms with Gasteiger partial charge in [0.25, 0.3) is 0 Å². The lowest BCUT2D eigenvalue weighted by Crippen LogP contribution is -2.51. The predicted molar refractivity (Wildman–Crippen MR) is 219 cm³/mol. The summed E-state index contributed by atoms with van der Waals surface area (Å²) in [5, 5.41) is 7.49. The van der Waals surface area contributed by atoms with Crippen molar-refractivity contribution in [1.29, 1.82) is 0 Å². The van der Waals surface area contributed by atoms with Gasteiger partial charge in [-0.2, -0.15) is 0 Å². The number of nitrogens with one attached hydrogen (secondary N) is 4. The van der Waals surface area contributed by atoms with Gasteiger partial charge in [-0.3, -0.25) is 9.59 Å². The Kier molecular flexibility index (Phi) is 11.7. The van der Waals surface area contributed by atoms with E-state index in [-0.39, 0.29) is 35.7 Å². The summed E-state index contributed by atoms with van der Waals surface area (Å²) >= 11 is 0. The van der Waals surface area contributed by atoms with E-state index in [4.69, 9.17) is 19.4 Å². The lowest BCUT2D eigenvalue weighted by Gasteiger charge is -2.30. The highest BCUT2D eigenvalue weighted by molar-refractivity contribution is 5.89. The van der Waals surface area contributed by atoms with E-state index in [0.29, 0.717) is 18.9 Å². The normalized spacial score (nSPS) is 17.7. The van der Waals surface area contributed by atoms with Gasteiger partial charge in [-0.25, -0.2) is 19.6 Å². The molecule has 58 heavy (non-hydrogen) atoms. The van der Waals surface area contributed by atoms with Crippen molar-refractivity contribution in [3.63, 3.8) is 0 Å². The topological polar surface area (TPSA) is 175 Å². The molecule has 7 rings (SSSR count). The molecule has 2 saturated heterocycles. The van der Waals surface area contributed by atoms with Crippen molar-refractivity contribution in [1.82, 2.24) is 40.4 Å². The second-order valence-electron chi connectivity index (χ2n) is 15.7. The Morgan fingerprint density at radius 2 is 1.28 bits per heavy atom. The molecule has 4 atom stereocenters. The van der Waals surface area contributed by atoms with Crippen LogP contribution in [-0.2, 0) is 19.1 Å². The van der Waals surface area contributed by atoms with Gasteiger partial charge >= 0.3 is 12.2 Å². The number of methoxy groups -OCH3 is 2. The molecule has 2 aliphatic rings. The van der Waals surface area contributed by atoms with Gasteiger partial charge in [0, 0.05) is 29.8 Å². The number of aromatic nitrogens is 4. The van der Waals surface area contributed by atoms with Gasteiger partial charge in [0.05, 0.1) is 49.2 Å². The summed E-state index contributed by atoms with van der Waals surface area (Å²) in [6.07, 6.45) is 3.78. The largest absolute Gasteiger partial charge is 0.453 e. The third kappa shape index (κ3) is 8.34. The van der Waals surface area contributed by atoms with Crippen molar-refractivity contribution in [3.8, 4) is 23.1 Å². The van der Waals surface area contributed by atoms with Crippen molar-refractivity contribution in [2.24, 2.45) is 11.8 Å². The average molecular weight is 787 g/mol. The lowest BCUT2D eigenvalue weighted by atomic mass is 10.0.